The third kappa shape index (κ3) is 4.24. The van der Waals surface area contributed by atoms with Crippen LogP contribution in [-0.4, -0.2) is 36.2 Å². The summed E-state index contributed by atoms with van der Waals surface area (Å²) < 4.78 is 5.59. The molecule has 0 radical (unpaired) electrons. The number of carbonyl (C=O) groups is 1. The fraction of sp³-hybridized carbons (Fsp3) is 0.533. The summed E-state index contributed by atoms with van der Waals surface area (Å²) in [6.07, 6.45) is 0.133. The lowest BCUT2D eigenvalue weighted by Crippen LogP contribution is -2.30. The van der Waals surface area contributed by atoms with E-state index in [1.807, 2.05) is 57.1 Å². The van der Waals surface area contributed by atoms with Crippen LogP contribution in [0.15, 0.2) is 24.3 Å². The molecule has 4 heteroatoms. The van der Waals surface area contributed by atoms with Crippen molar-refractivity contribution in [3.63, 3.8) is 0 Å². The summed E-state index contributed by atoms with van der Waals surface area (Å²) >= 11 is 0. The molecule has 1 aromatic carbocycles. The van der Waals surface area contributed by atoms with E-state index < -0.39 is 11.9 Å². The Morgan fingerprint density at radius 3 is 2.05 bits per heavy atom. The zero-order valence-electron chi connectivity index (χ0n) is 12.3. The van der Waals surface area contributed by atoms with Crippen molar-refractivity contribution in [2.45, 2.75) is 32.9 Å². The molecule has 0 spiro atoms. The number of carboxylic acid groups (broad SMARTS) is 1. The van der Waals surface area contributed by atoms with E-state index in [-0.39, 0.29) is 12.1 Å². The molecule has 0 saturated heterocycles. The molecule has 0 aromatic heterocycles. The molecule has 0 heterocycles. The zero-order valence-corrected chi connectivity index (χ0v) is 12.3. The Morgan fingerprint density at radius 1 is 1.16 bits per heavy atom. The number of benzene rings is 1. The highest BCUT2D eigenvalue weighted by Gasteiger charge is 2.26. The van der Waals surface area contributed by atoms with E-state index >= 15 is 0 Å². The Balaban J connectivity index is 2.95. The monoisotopic (exact) mass is 265 g/mol. The van der Waals surface area contributed by atoms with Gasteiger partial charge in [-0.1, -0.05) is 19.1 Å². The van der Waals surface area contributed by atoms with E-state index in [1.165, 1.54) is 0 Å². The first-order chi connectivity index (χ1) is 8.82. The molecule has 1 N–H and O–H groups in total. The summed E-state index contributed by atoms with van der Waals surface area (Å²) in [7, 11) is 3.78. The minimum atomic E-state index is -0.791. The first-order valence-electron chi connectivity index (χ1n) is 6.48. The normalized spacial score (nSPS) is 14.5. The standard InChI is InChI=1S/C15H23NO3/c1-10(2)19-13-8-6-12(7-9-13)14(16(4)5)11(3)15(17)18/h6-11,14H,1-5H3,(H,17,18). The van der Waals surface area contributed by atoms with Gasteiger partial charge in [0.2, 0.25) is 0 Å². The quantitative estimate of drug-likeness (QED) is 0.859. The van der Waals surface area contributed by atoms with Gasteiger partial charge in [0, 0.05) is 6.04 Å². The van der Waals surface area contributed by atoms with Gasteiger partial charge in [-0.2, -0.15) is 0 Å². The van der Waals surface area contributed by atoms with Crippen LogP contribution in [0.25, 0.3) is 0 Å². The Labute approximate surface area is 115 Å². The number of carboxylic acids is 1. The van der Waals surface area contributed by atoms with Crippen molar-refractivity contribution in [2.24, 2.45) is 5.92 Å². The molecule has 19 heavy (non-hydrogen) atoms. The van der Waals surface area contributed by atoms with Gasteiger partial charge in [0.05, 0.1) is 12.0 Å². The number of hydrogen-bond donors (Lipinski definition) is 1. The highest BCUT2D eigenvalue weighted by molar-refractivity contribution is 5.70. The summed E-state index contributed by atoms with van der Waals surface area (Å²) in [5.41, 5.74) is 0.982. The van der Waals surface area contributed by atoms with Gasteiger partial charge >= 0.3 is 5.97 Å². The van der Waals surface area contributed by atoms with Crippen LogP contribution in [0, 0.1) is 5.92 Å². The predicted molar refractivity (Wildman–Crippen MR) is 75.4 cm³/mol. The molecular formula is C15H23NO3. The second-order valence-electron chi connectivity index (χ2n) is 5.27. The molecule has 2 atom stereocenters. The van der Waals surface area contributed by atoms with E-state index in [2.05, 4.69) is 0 Å². The van der Waals surface area contributed by atoms with Crippen LogP contribution in [0.3, 0.4) is 0 Å². The van der Waals surface area contributed by atoms with E-state index in [9.17, 15) is 9.90 Å². The summed E-state index contributed by atoms with van der Waals surface area (Å²) in [6, 6.07) is 7.50. The van der Waals surface area contributed by atoms with E-state index in [1.54, 1.807) is 6.92 Å². The Morgan fingerprint density at radius 2 is 1.68 bits per heavy atom. The molecule has 106 valence electrons. The smallest absolute Gasteiger partial charge is 0.308 e. The fourth-order valence-corrected chi connectivity index (χ4v) is 2.18. The van der Waals surface area contributed by atoms with Gasteiger partial charge in [-0.3, -0.25) is 4.79 Å². The summed E-state index contributed by atoms with van der Waals surface area (Å²) in [6.45, 7) is 5.68. The van der Waals surface area contributed by atoms with Crippen LogP contribution in [0.2, 0.25) is 0 Å². The first kappa shape index (κ1) is 15.5. The van der Waals surface area contributed by atoms with E-state index in [0.717, 1.165) is 11.3 Å². The maximum atomic E-state index is 11.2. The number of rotatable bonds is 6. The molecule has 2 unspecified atom stereocenters. The number of nitrogens with zero attached hydrogens (tertiary/aromatic N) is 1. The average molecular weight is 265 g/mol. The van der Waals surface area contributed by atoms with E-state index in [0.29, 0.717) is 0 Å². The topological polar surface area (TPSA) is 49.8 Å². The first-order valence-corrected chi connectivity index (χ1v) is 6.48. The molecule has 0 aliphatic heterocycles. The number of ether oxygens (including phenoxy) is 1. The minimum absolute atomic E-state index is 0.133. The van der Waals surface area contributed by atoms with Gasteiger partial charge in [0.1, 0.15) is 5.75 Å². The Bertz CT molecular complexity index is 412. The minimum Gasteiger partial charge on any atom is -0.491 e. The van der Waals surface area contributed by atoms with Crippen LogP contribution in [0.5, 0.6) is 5.75 Å². The molecule has 0 saturated carbocycles. The second-order valence-corrected chi connectivity index (χ2v) is 5.27. The van der Waals surface area contributed by atoms with Gasteiger partial charge in [-0.05, 0) is 45.6 Å². The fourth-order valence-electron chi connectivity index (χ4n) is 2.18. The lowest BCUT2D eigenvalue weighted by molar-refractivity contribution is -0.143. The molecular weight excluding hydrogens is 242 g/mol. The molecule has 4 nitrogen and oxygen atoms in total. The maximum Gasteiger partial charge on any atom is 0.308 e. The van der Waals surface area contributed by atoms with Gasteiger partial charge in [-0.15, -0.1) is 0 Å². The second kappa shape index (κ2) is 6.57. The molecule has 0 aliphatic carbocycles. The van der Waals surface area contributed by atoms with Crippen LogP contribution < -0.4 is 4.74 Å². The highest BCUT2D eigenvalue weighted by atomic mass is 16.5. The van der Waals surface area contributed by atoms with Gasteiger partial charge < -0.3 is 14.7 Å². The van der Waals surface area contributed by atoms with Crippen LogP contribution in [-0.2, 0) is 4.79 Å². The number of aliphatic carboxylic acids is 1. The van der Waals surface area contributed by atoms with Crippen molar-refractivity contribution >= 4 is 5.97 Å². The Hall–Kier alpha value is -1.55. The predicted octanol–water partition coefficient (Wildman–Crippen LogP) is 2.80. The van der Waals surface area contributed by atoms with Crippen LogP contribution in [0.4, 0.5) is 0 Å². The number of hydrogen-bond acceptors (Lipinski definition) is 3. The van der Waals surface area contributed by atoms with Crippen molar-refractivity contribution in [1.82, 2.24) is 4.90 Å². The maximum absolute atomic E-state index is 11.2. The van der Waals surface area contributed by atoms with Crippen molar-refractivity contribution in [2.75, 3.05) is 14.1 Å². The van der Waals surface area contributed by atoms with E-state index in [4.69, 9.17) is 4.74 Å². The van der Waals surface area contributed by atoms with Gasteiger partial charge in [-0.25, -0.2) is 0 Å². The van der Waals surface area contributed by atoms with Crippen LogP contribution >= 0.6 is 0 Å². The highest BCUT2D eigenvalue weighted by Crippen LogP contribution is 2.28. The lowest BCUT2D eigenvalue weighted by Gasteiger charge is -2.28. The molecule has 1 rings (SSSR count). The molecule has 0 fully saturated rings. The molecule has 1 aromatic rings. The summed E-state index contributed by atoms with van der Waals surface area (Å²) in [4.78, 5) is 13.1. The van der Waals surface area contributed by atoms with Crippen molar-refractivity contribution in [3.05, 3.63) is 29.8 Å². The lowest BCUT2D eigenvalue weighted by atomic mass is 9.93. The third-order valence-corrected chi connectivity index (χ3v) is 3.01. The molecule has 0 aliphatic rings. The summed E-state index contributed by atoms with van der Waals surface area (Å²) in [5.74, 6) is -0.452. The Kier molecular flexibility index (Phi) is 5.36. The van der Waals surface area contributed by atoms with Crippen molar-refractivity contribution in [1.29, 1.82) is 0 Å². The van der Waals surface area contributed by atoms with Gasteiger partial charge in [0.25, 0.3) is 0 Å². The third-order valence-electron chi connectivity index (χ3n) is 3.01. The van der Waals surface area contributed by atoms with Crippen molar-refractivity contribution < 1.29 is 14.6 Å². The zero-order chi connectivity index (χ0) is 14.6. The molecule has 0 bridgehead atoms. The van der Waals surface area contributed by atoms with Crippen molar-refractivity contribution in [3.8, 4) is 5.75 Å². The summed E-state index contributed by atoms with van der Waals surface area (Å²) in [5, 5.41) is 9.18. The SMILES string of the molecule is CC(C)Oc1ccc(C(C(C)C(=O)O)N(C)C)cc1. The average Bonchev–Trinajstić information content (AvgIpc) is 2.30. The van der Waals surface area contributed by atoms with Crippen LogP contribution in [0.1, 0.15) is 32.4 Å². The largest absolute Gasteiger partial charge is 0.491 e. The molecule has 0 amide bonds. The van der Waals surface area contributed by atoms with Gasteiger partial charge in [0.15, 0.2) is 0 Å².